The molecular formula is C16H15N3O2S. The van der Waals surface area contributed by atoms with E-state index in [0.717, 1.165) is 32.8 Å². The fourth-order valence-corrected chi connectivity index (χ4v) is 3.33. The van der Waals surface area contributed by atoms with Crippen molar-refractivity contribution in [3.63, 3.8) is 0 Å². The molecule has 0 aliphatic rings. The highest BCUT2D eigenvalue weighted by molar-refractivity contribution is 7.15. The summed E-state index contributed by atoms with van der Waals surface area (Å²) >= 11 is 1.46. The van der Waals surface area contributed by atoms with E-state index < -0.39 is 5.97 Å². The number of fused-ring (bicyclic) bond motifs is 1. The highest BCUT2D eigenvalue weighted by Gasteiger charge is 2.15. The van der Waals surface area contributed by atoms with Crippen molar-refractivity contribution in [3.05, 3.63) is 47.2 Å². The van der Waals surface area contributed by atoms with Crippen LogP contribution in [0.2, 0.25) is 0 Å². The zero-order chi connectivity index (χ0) is 15.7. The van der Waals surface area contributed by atoms with Gasteiger partial charge in [0.15, 0.2) is 5.13 Å². The molecule has 0 radical (unpaired) electrons. The molecule has 0 saturated carbocycles. The fourth-order valence-electron chi connectivity index (χ4n) is 2.23. The van der Waals surface area contributed by atoms with E-state index in [1.165, 1.54) is 11.3 Å². The van der Waals surface area contributed by atoms with Gasteiger partial charge in [-0.25, -0.2) is 14.8 Å². The van der Waals surface area contributed by atoms with E-state index in [1.807, 2.05) is 42.7 Å². The lowest BCUT2D eigenvalue weighted by molar-refractivity contribution is -0.131. The maximum absolute atomic E-state index is 10.7. The molecule has 22 heavy (non-hydrogen) atoms. The average molecular weight is 313 g/mol. The number of benzene rings is 1. The van der Waals surface area contributed by atoms with E-state index in [2.05, 4.69) is 9.97 Å². The van der Waals surface area contributed by atoms with Crippen LogP contribution in [0.5, 0.6) is 0 Å². The van der Waals surface area contributed by atoms with E-state index in [0.29, 0.717) is 0 Å². The van der Waals surface area contributed by atoms with Gasteiger partial charge < -0.3 is 5.11 Å². The van der Waals surface area contributed by atoms with E-state index in [-0.39, 0.29) is 5.92 Å². The van der Waals surface area contributed by atoms with Crippen LogP contribution in [0, 0.1) is 0 Å². The standard InChI is InChI=1S/C16H15N3O2S/c1-10(2)15-13(7-8-14(20)21)22-16(18-15)19-9-17-11-5-3-4-6-12(11)19/h3-10H,1-2H3,(H,20,21). The first kappa shape index (κ1) is 14.5. The molecule has 0 bridgehead atoms. The molecule has 0 aliphatic carbocycles. The Labute approximate surface area is 131 Å². The highest BCUT2D eigenvalue weighted by Crippen LogP contribution is 2.30. The number of rotatable bonds is 4. The zero-order valence-corrected chi connectivity index (χ0v) is 13.0. The first-order valence-corrected chi connectivity index (χ1v) is 7.72. The van der Waals surface area contributed by atoms with Crippen molar-refractivity contribution in [2.45, 2.75) is 19.8 Å². The number of aromatic nitrogens is 3. The maximum Gasteiger partial charge on any atom is 0.328 e. The fraction of sp³-hybridized carbons (Fsp3) is 0.188. The third kappa shape index (κ3) is 2.65. The van der Waals surface area contributed by atoms with Crippen LogP contribution in [0.3, 0.4) is 0 Å². The van der Waals surface area contributed by atoms with Crippen molar-refractivity contribution < 1.29 is 9.90 Å². The maximum atomic E-state index is 10.7. The monoisotopic (exact) mass is 313 g/mol. The molecule has 2 aromatic heterocycles. The smallest absolute Gasteiger partial charge is 0.328 e. The minimum absolute atomic E-state index is 0.216. The molecule has 0 fully saturated rings. The number of aliphatic carboxylic acids is 1. The largest absolute Gasteiger partial charge is 0.478 e. The van der Waals surface area contributed by atoms with E-state index >= 15 is 0 Å². The normalized spacial score (nSPS) is 11.8. The van der Waals surface area contributed by atoms with Gasteiger partial charge in [-0.2, -0.15) is 0 Å². The third-order valence-electron chi connectivity index (χ3n) is 3.25. The summed E-state index contributed by atoms with van der Waals surface area (Å²) in [5.41, 5.74) is 2.79. The van der Waals surface area contributed by atoms with Crippen LogP contribution >= 0.6 is 11.3 Å². The molecule has 2 heterocycles. The molecule has 0 atom stereocenters. The number of hydrogen-bond acceptors (Lipinski definition) is 4. The summed E-state index contributed by atoms with van der Waals surface area (Å²) in [6, 6.07) is 7.85. The molecule has 0 unspecified atom stereocenters. The molecular weight excluding hydrogens is 298 g/mol. The summed E-state index contributed by atoms with van der Waals surface area (Å²) in [5, 5.41) is 9.61. The number of carboxylic acid groups (broad SMARTS) is 1. The van der Waals surface area contributed by atoms with Crippen molar-refractivity contribution in [1.29, 1.82) is 0 Å². The van der Waals surface area contributed by atoms with Crippen molar-refractivity contribution in [2.75, 3.05) is 0 Å². The van der Waals surface area contributed by atoms with Gasteiger partial charge in [-0.1, -0.05) is 37.3 Å². The molecule has 3 aromatic rings. The first-order valence-electron chi connectivity index (χ1n) is 6.90. The number of carbonyl (C=O) groups is 1. The van der Waals surface area contributed by atoms with Gasteiger partial charge in [-0.3, -0.25) is 4.57 Å². The van der Waals surface area contributed by atoms with Gasteiger partial charge in [-0.05, 0) is 24.1 Å². The average Bonchev–Trinajstić information content (AvgIpc) is 3.08. The molecule has 0 saturated heterocycles. The number of imidazole rings is 1. The minimum atomic E-state index is -0.960. The molecule has 1 aromatic carbocycles. The lowest BCUT2D eigenvalue weighted by Crippen LogP contribution is -1.94. The molecule has 6 heteroatoms. The summed E-state index contributed by atoms with van der Waals surface area (Å²) in [7, 11) is 0. The van der Waals surface area contributed by atoms with Gasteiger partial charge in [0.1, 0.15) is 6.33 Å². The summed E-state index contributed by atoms with van der Waals surface area (Å²) in [5.74, 6) is -0.744. The number of carboxylic acids is 1. The Morgan fingerprint density at radius 1 is 1.36 bits per heavy atom. The van der Waals surface area contributed by atoms with Gasteiger partial charge in [0.2, 0.25) is 0 Å². The van der Waals surface area contributed by atoms with Crippen LogP contribution in [0.15, 0.2) is 36.7 Å². The van der Waals surface area contributed by atoms with Crippen molar-refractivity contribution in [2.24, 2.45) is 0 Å². The summed E-state index contributed by atoms with van der Waals surface area (Å²) in [6.45, 7) is 4.09. The Hall–Kier alpha value is -2.47. The van der Waals surface area contributed by atoms with Crippen LogP contribution in [0.4, 0.5) is 0 Å². The second-order valence-electron chi connectivity index (χ2n) is 5.18. The minimum Gasteiger partial charge on any atom is -0.478 e. The van der Waals surface area contributed by atoms with E-state index in [9.17, 15) is 4.79 Å². The quantitative estimate of drug-likeness (QED) is 0.746. The highest BCUT2D eigenvalue weighted by atomic mass is 32.1. The van der Waals surface area contributed by atoms with E-state index in [4.69, 9.17) is 5.11 Å². The van der Waals surface area contributed by atoms with Gasteiger partial charge in [0.25, 0.3) is 0 Å². The molecule has 0 spiro atoms. The molecule has 0 aliphatic heterocycles. The number of nitrogens with zero attached hydrogens (tertiary/aromatic N) is 3. The van der Waals surface area contributed by atoms with Gasteiger partial charge >= 0.3 is 5.97 Å². The predicted octanol–water partition coefficient (Wildman–Crippen LogP) is 3.70. The van der Waals surface area contributed by atoms with E-state index in [1.54, 1.807) is 12.4 Å². The Kier molecular flexibility index (Phi) is 3.77. The molecule has 1 N–H and O–H groups in total. The number of hydrogen-bond donors (Lipinski definition) is 1. The van der Waals surface area contributed by atoms with Crippen LogP contribution < -0.4 is 0 Å². The lowest BCUT2D eigenvalue weighted by atomic mass is 10.1. The van der Waals surface area contributed by atoms with Crippen LogP contribution in [0.25, 0.3) is 22.2 Å². The summed E-state index contributed by atoms with van der Waals surface area (Å²) in [6.07, 6.45) is 4.51. The SMILES string of the molecule is CC(C)c1nc(-n2cnc3ccccc32)sc1C=CC(=O)O. The van der Waals surface area contributed by atoms with Gasteiger partial charge in [0.05, 0.1) is 21.6 Å². The molecule has 112 valence electrons. The van der Waals surface area contributed by atoms with Crippen molar-refractivity contribution in [1.82, 2.24) is 14.5 Å². The zero-order valence-electron chi connectivity index (χ0n) is 12.2. The first-order chi connectivity index (χ1) is 10.6. The lowest BCUT2D eigenvalue weighted by Gasteiger charge is -2.01. The van der Waals surface area contributed by atoms with Gasteiger partial charge in [-0.15, -0.1) is 0 Å². The second-order valence-corrected chi connectivity index (χ2v) is 6.18. The summed E-state index contributed by atoms with van der Waals surface area (Å²) < 4.78 is 1.93. The van der Waals surface area contributed by atoms with Gasteiger partial charge in [0, 0.05) is 6.08 Å². The Balaban J connectivity index is 2.12. The Morgan fingerprint density at radius 2 is 2.14 bits per heavy atom. The molecule has 5 nitrogen and oxygen atoms in total. The van der Waals surface area contributed by atoms with Crippen molar-refractivity contribution >= 4 is 34.4 Å². The predicted molar refractivity (Wildman–Crippen MR) is 87.5 cm³/mol. The number of para-hydroxylation sites is 2. The van der Waals surface area contributed by atoms with Crippen LogP contribution in [-0.2, 0) is 4.79 Å². The third-order valence-corrected chi connectivity index (χ3v) is 4.29. The Bertz CT molecular complexity index is 861. The Morgan fingerprint density at radius 3 is 2.86 bits per heavy atom. The second kappa shape index (κ2) is 5.73. The van der Waals surface area contributed by atoms with Crippen molar-refractivity contribution in [3.8, 4) is 5.13 Å². The van der Waals surface area contributed by atoms with Crippen LogP contribution in [0.1, 0.15) is 30.3 Å². The van der Waals surface area contributed by atoms with Crippen LogP contribution in [-0.4, -0.2) is 25.6 Å². The molecule has 3 rings (SSSR count). The summed E-state index contributed by atoms with van der Waals surface area (Å²) in [4.78, 5) is 20.7. The number of thiazole rings is 1. The molecule has 0 amide bonds. The topological polar surface area (TPSA) is 68.0 Å².